The molecule has 7 heterocycles. The quantitative estimate of drug-likeness (QED) is 0.161. The molecule has 0 radical (unpaired) electrons. The van der Waals surface area contributed by atoms with Gasteiger partial charge in [-0.3, -0.25) is 0 Å². The minimum absolute atomic E-state index is 0.510. The Kier molecular flexibility index (Phi) is 10.1. The van der Waals surface area contributed by atoms with Gasteiger partial charge < -0.3 is 28.4 Å². The molecule has 1 aromatic heterocycles. The smallest absolute Gasteiger partial charge is 0.196 e. The van der Waals surface area contributed by atoms with Gasteiger partial charge in [0.1, 0.15) is 69.0 Å². The molecule has 6 aliphatic heterocycles. The van der Waals surface area contributed by atoms with Crippen LogP contribution < -0.4 is 90.7 Å². The van der Waals surface area contributed by atoms with Crippen molar-refractivity contribution in [1.29, 1.82) is 0 Å². The van der Waals surface area contributed by atoms with Gasteiger partial charge in [-0.1, -0.05) is 164 Å². The average Bonchev–Trinajstić information content (AvgIpc) is 0.768. The second-order valence-corrected chi connectivity index (χ2v) is 33.7. The van der Waals surface area contributed by atoms with Crippen molar-refractivity contribution < 1.29 is 28.4 Å². The molecule has 0 saturated carbocycles. The highest BCUT2D eigenvalue weighted by Crippen LogP contribution is 2.42. The van der Waals surface area contributed by atoms with Gasteiger partial charge in [-0.15, -0.1) is 0 Å². The predicted octanol–water partition coefficient (Wildman–Crippen LogP) is 9.64. The molecule has 13 aromatic rings. The maximum absolute atomic E-state index is 6.98. The van der Waals surface area contributed by atoms with Crippen molar-refractivity contribution in [2.45, 2.75) is 0 Å². The summed E-state index contributed by atoms with van der Waals surface area (Å²) in [5, 5.41) is 13.6. The number of nitrogens with zero attached hydrogens (tertiary/aromatic N) is 3. The maximum Gasteiger partial charge on any atom is 0.196 e. The molecule has 19 rings (SSSR count). The Balaban J connectivity index is 0.876. The van der Waals surface area contributed by atoms with Gasteiger partial charge >= 0.3 is 0 Å². The van der Waals surface area contributed by atoms with E-state index in [1.807, 2.05) is 0 Å². The van der Waals surface area contributed by atoms with Crippen LogP contribution in [0.15, 0.2) is 273 Å². The minimum Gasteiger partial charge on any atom is -0.458 e. The molecule has 0 aliphatic carbocycles. The lowest BCUT2D eigenvalue weighted by molar-refractivity contribution is 0.481. The maximum atomic E-state index is 6.98. The number of benzene rings is 12. The molecule has 9 nitrogen and oxygen atoms in total. The summed E-state index contributed by atoms with van der Waals surface area (Å²) in [7, 11) is -9.55. The summed E-state index contributed by atoms with van der Waals surface area (Å²) >= 11 is 0. The van der Waals surface area contributed by atoms with Gasteiger partial charge in [-0.2, -0.15) is 0 Å². The summed E-state index contributed by atoms with van der Waals surface area (Å²) in [6.07, 6.45) is 0. The van der Waals surface area contributed by atoms with E-state index in [1.165, 1.54) is 0 Å². The van der Waals surface area contributed by atoms with Crippen LogP contribution in [-0.4, -0.2) is 39.2 Å². The number of hydrogen-bond donors (Lipinski definition) is 0. The molecule has 12 heteroatoms. The number of aromatic nitrogens is 3. The van der Waals surface area contributed by atoms with Gasteiger partial charge in [0.05, 0.1) is 0 Å². The molecule has 408 valence electrons. The number of fused-ring (bicyclic) bond motifs is 24. The van der Waals surface area contributed by atoms with Gasteiger partial charge in [0.2, 0.25) is 0 Å². The summed E-state index contributed by atoms with van der Waals surface area (Å²) in [6, 6.07) is 95.9. The van der Waals surface area contributed by atoms with Crippen molar-refractivity contribution in [3.05, 3.63) is 273 Å². The summed E-state index contributed by atoms with van der Waals surface area (Å²) < 4.78 is 41.3. The average molecular weight is 1170 g/mol. The summed E-state index contributed by atoms with van der Waals surface area (Å²) in [4.78, 5) is 16.9. The van der Waals surface area contributed by atoms with E-state index in [9.17, 15) is 0 Å². The molecule has 0 N–H and O–H groups in total. The first kappa shape index (κ1) is 48.5. The van der Waals surface area contributed by atoms with Crippen LogP contribution in [0.25, 0.3) is 34.2 Å². The van der Waals surface area contributed by atoms with Crippen LogP contribution in [0.3, 0.4) is 0 Å². The fourth-order valence-electron chi connectivity index (χ4n) is 15.0. The van der Waals surface area contributed by atoms with E-state index < -0.39 is 24.2 Å². The fourth-order valence-corrected chi connectivity index (χ4v) is 30.5. The Hall–Kier alpha value is -10.9. The van der Waals surface area contributed by atoms with Crippen molar-refractivity contribution in [2.24, 2.45) is 0 Å². The van der Waals surface area contributed by atoms with Crippen molar-refractivity contribution >= 4 is 86.5 Å². The lowest BCUT2D eigenvalue weighted by Crippen LogP contribution is -2.77. The highest BCUT2D eigenvalue weighted by atomic mass is 28.3. The topological polar surface area (TPSA) is 94.1 Å². The SMILES string of the molecule is c1ccc2c(c1)Oc1ccccc1[Si]21c2ccccc2Oc2ccc(-c3nc(-c4ccc5c(c4)[Si]4(c6ccccc6Oc6ccccc64)c4ccccc4O5)nc(-c4ccc5c(c4)[Si]4(c6ccccc6Oc6ccccc64)c4ccccc4O5)n3)cc21. The van der Waals surface area contributed by atoms with Crippen molar-refractivity contribution in [2.75, 3.05) is 0 Å². The third-order valence-electron chi connectivity index (χ3n) is 18.5. The first-order valence-corrected chi connectivity index (χ1v) is 35.2. The third kappa shape index (κ3) is 6.57. The van der Waals surface area contributed by atoms with Crippen LogP contribution >= 0.6 is 0 Å². The van der Waals surface area contributed by atoms with E-state index in [2.05, 4.69) is 273 Å². The lowest BCUT2D eigenvalue weighted by Gasteiger charge is -2.43. The van der Waals surface area contributed by atoms with Crippen LogP contribution in [-0.2, 0) is 0 Å². The summed E-state index contributed by atoms with van der Waals surface area (Å²) in [6.45, 7) is 0. The predicted molar refractivity (Wildman–Crippen MR) is 347 cm³/mol. The first-order chi connectivity index (χ1) is 43.1. The van der Waals surface area contributed by atoms with E-state index >= 15 is 0 Å². The molecule has 0 fully saturated rings. The lowest BCUT2D eigenvalue weighted by atomic mass is 10.1. The first-order valence-electron chi connectivity index (χ1n) is 29.2. The van der Waals surface area contributed by atoms with Crippen molar-refractivity contribution in [1.82, 2.24) is 15.0 Å². The van der Waals surface area contributed by atoms with Crippen molar-refractivity contribution in [3.63, 3.8) is 0 Å². The van der Waals surface area contributed by atoms with Gasteiger partial charge in [0.15, 0.2) is 41.7 Å². The van der Waals surface area contributed by atoms with Crippen molar-refractivity contribution in [3.8, 4) is 103 Å². The second-order valence-electron chi connectivity index (χ2n) is 22.8. The van der Waals surface area contributed by atoms with E-state index in [4.69, 9.17) is 43.4 Å². The highest BCUT2D eigenvalue weighted by Gasteiger charge is 2.56. The third-order valence-corrected chi connectivity index (χ3v) is 33.1. The molecule has 0 atom stereocenters. The standard InChI is InChI=1S/C75H45N3O6Si3/c1-10-28-61-49(19-1)79-50-20-2-11-29-62(50)85(61)67-34-16-7-25-55(67)82-58-40-37-46(43-70(58)85)73-76-74(47-38-41-59-71(44-47)86(68-35-17-8-26-56(68)83-59)63-30-12-3-21-51(63)80-52-22-4-13-31-64(52)86)78-75(77-73)48-39-42-60-72(45-48)87(69-36-18-9-27-57(69)84-60)65-32-14-5-23-53(65)81-54-24-6-15-33-66(54)87/h1-45H. The van der Waals surface area contributed by atoms with Crippen LogP contribution in [0.5, 0.6) is 69.0 Å². The molecule has 0 amide bonds. The van der Waals surface area contributed by atoms with Gasteiger partial charge in [0, 0.05) is 16.7 Å². The Morgan fingerprint density at radius 1 is 0.172 bits per heavy atom. The van der Waals surface area contributed by atoms with Crippen LogP contribution in [0.1, 0.15) is 0 Å². The van der Waals surface area contributed by atoms with Gasteiger partial charge in [0.25, 0.3) is 0 Å². The molecule has 0 saturated heterocycles. The van der Waals surface area contributed by atoms with Crippen LogP contribution in [0.2, 0.25) is 0 Å². The zero-order chi connectivity index (χ0) is 57.0. The summed E-state index contributed by atoms with van der Waals surface area (Å²) in [5.74, 6) is 11.4. The second kappa shape index (κ2) is 18.1. The van der Waals surface area contributed by atoms with E-state index in [0.29, 0.717) is 17.5 Å². The highest BCUT2D eigenvalue weighted by molar-refractivity contribution is 7.23. The molecule has 87 heavy (non-hydrogen) atoms. The Labute approximate surface area is 503 Å². The number of hydrogen-bond acceptors (Lipinski definition) is 9. The zero-order valence-electron chi connectivity index (χ0n) is 46.3. The van der Waals surface area contributed by atoms with Gasteiger partial charge in [-0.05, 0) is 171 Å². The Morgan fingerprint density at radius 2 is 0.333 bits per heavy atom. The molecule has 0 unspecified atom stereocenters. The molecular weight excluding hydrogens is 1120 g/mol. The Morgan fingerprint density at radius 3 is 0.517 bits per heavy atom. The normalized spacial score (nSPS) is 15.0. The van der Waals surface area contributed by atoms with Crippen LogP contribution in [0, 0.1) is 0 Å². The fraction of sp³-hybridized carbons (Fsp3) is 0. The van der Waals surface area contributed by atoms with E-state index in [0.717, 1.165) is 148 Å². The molecule has 6 aliphatic rings. The Bertz CT molecular complexity index is 4320. The molecular formula is C75H45N3O6Si3. The summed E-state index contributed by atoms with van der Waals surface area (Å²) in [5.41, 5.74) is 2.45. The monoisotopic (exact) mass is 1170 g/mol. The molecule has 12 aromatic carbocycles. The number of ether oxygens (including phenoxy) is 6. The minimum atomic E-state index is -3.18. The number of para-hydroxylation sites is 9. The molecule has 3 spiro atoms. The number of rotatable bonds is 3. The van der Waals surface area contributed by atoms with Gasteiger partial charge in [-0.25, -0.2) is 15.0 Å². The zero-order valence-corrected chi connectivity index (χ0v) is 49.3. The van der Waals surface area contributed by atoms with E-state index in [1.54, 1.807) is 0 Å². The molecule has 0 bridgehead atoms. The van der Waals surface area contributed by atoms with E-state index in [-0.39, 0.29) is 0 Å². The van der Waals surface area contributed by atoms with Crippen LogP contribution in [0.4, 0.5) is 0 Å². The largest absolute Gasteiger partial charge is 0.458 e.